The molecule has 4 heteroatoms. The Kier molecular flexibility index (Phi) is 3.22. The molecule has 2 aromatic rings. The van der Waals surface area contributed by atoms with E-state index in [0.717, 1.165) is 35.1 Å². The summed E-state index contributed by atoms with van der Waals surface area (Å²) in [6.45, 7) is 0.492. The number of nitrogens with one attached hydrogen (secondary N) is 1. The van der Waals surface area contributed by atoms with Crippen molar-refractivity contribution in [2.75, 3.05) is 7.05 Å². The maximum atomic E-state index is 13.8. The van der Waals surface area contributed by atoms with Gasteiger partial charge in [-0.2, -0.15) is 5.26 Å². The summed E-state index contributed by atoms with van der Waals surface area (Å²) in [5.41, 5.74) is 4.30. The Morgan fingerprint density at radius 1 is 1.26 bits per heavy atom. The summed E-state index contributed by atoms with van der Waals surface area (Å²) in [7, 11) is 1.90. The maximum absolute atomic E-state index is 13.8. The number of benzene rings is 2. The molecule has 1 aliphatic heterocycles. The van der Waals surface area contributed by atoms with Gasteiger partial charge in [-0.1, -0.05) is 12.1 Å². The third kappa shape index (κ3) is 2.01. The molecule has 2 aliphatic rings. The lowest BCUT2D eigenvalue weighted by Gasteiger charge is -2.39. The molecule has 0 amide bonds. The van der Waals surface area contributed by atoms with Crippen molar-refractivity contribution >= 4 is 0 Å². The van der Waals surface area contributed by atoms with Gasteiger partial charge in [0.2, 0.25) is 0 Å². The lowest BCUT2D eigenvalue weighted by molar-refractivity contribution is -0.0212. The van der Waals surface area contributed by atoms with E-state index in [0.29, 0.717) is 12.2 Å². The highest BCUT2D eigenvalue weighted by molar-refractivity contribution is 5.51. The highest BCUT2D eigenvalue weighted by atomic mass is 19.1. The average molecular weight is 308 g/mol. The Bertz CT molecular complexity index is 827. The van der Waals surface area contributed by atoms with Crippen LogP contribution in [-0.2, 0) is 16.9 Å². The van der Waals surface area contributed by atoms with Crippen molar-refractivity contribution in [3.63, 3.8) is 0 Å². The van der Waals surface area contributed by atoms with Gasteiger partial charge in [0.15, 0.2) is 0 Å². The number of halogens is 1. The normalized spacial score (nSPS) is 25.0. The van der Waals surface area contributed by atoms with Gasteiger partial charge in [-0.3, -0.25) is 0 Å². The van der Waals surface area contributed by atoms with E-state index in [2.05, 4.69) is 11.4 Å². The average Bonchev–Trinajstić information content (AvgIpc) is 2.94. The van der Waals surface area contributed by atoms with Crippen molar-refractivity contribution in [3.8, 4) is 6.07 Å². The zero-order chi connectivity index (χ0) is 16.0. The largest absolute Gasteiger partial charge is 0.361 e. The number of nitrogens with zero attached hydrogens (tertiary/aromatic N) is 1. The zero-order valence-electron chi connectivity index (χ0n) is 12.9. The third-order valence-electron chi connectivity index (χ3n) is 5.10. The Hall–Kier alpha value is -2.22. The fourth-order valence-corrected chi connectivity index (χ4v) is 4.01. The lowest BCUT2D eigenvalue weighted by Crippen LogP contribution is -2.36. The van der Waals surface area contributed by atoms with Gasteiger partial charge < -0.3 is 10.1 Å². The van der Waals surface area contributed by atoms with Crippen LogP contribution in [0.3, 0.4) is 0 Å². The van der Waals surface area contributed by atoms with E-state index in [1.54, 1.807) is 6.07 Å². The first-order valence-electron chi connectivity index (χ1n) is 7.82. The predicted molar refractivity (Wildman–Crippen MR) is 84.2 cm³/mol. The molecule has 4 rings (SSSR count). The molecule has 116 valence electrons. The van der Waals surface area contributed by atoms with E-state index in [1.165, 1.54) is 6.07 Å². The highest BCUT2D eigenvalue weighted by Crippen LogP contribution is 2.51. The van der Waals surface area contributed by atoms with Crippen molar-refractivity contribution in [1.29, 1.82) is 5.26 Å². The topological polar surface area (TPSA) is 45.0 Å². The van der Waals surface area contributed by atoms with Crippen molar-refractivity contribution < 1.29 is 9.13 Å². The number of rotatable bonds is 1. The summed E-state index contributed by atoms with van der Waals surface area (Å²) >= 11 is 0. The Balaban J connectivity index is 1.91. The number of nitriles is 1. The number of hydrogen-bond donors (Lipinski definition) is 1. The van der Waals surface area contributed by atoms with E-state index >= 15 is 0 Å². The van der Waals surface area contributed by atoms with Crippen molar-refractivity contribution in [3.05, 3.63) is 70.0 Å². The molecule has 2 aromatic carbocycles. The standard InChI is InChI=1S/C19H17FN2O/c1-22-18-6-7-19(17-5-3-14(20)9-15(17)18)16-4-2-12(10-21)8-13(16)11-23-19/h2-5,8-9,18,22H,6-7,11H2,1H3. The molecule has 3 nitrogen and oxygen atoms in total. The Morgan fingerprint density at radius 2 is 2.09 bits per heavy atom. The van der Waals surface area contributed by atoms with Crippen LogP contribution in [0, 0.1) is 17.1 Å². The van der Waals surface area contributed by atoms with E-state index in [9.17, 15) is 4.39 Å². The van der Waals surface area contributed by atoms with Crippen molar-refractivity contribution in [2.45, 2.75) is 31.1 Å². The molecule has 0 radical (unpaired) electrons. The van der Waals surface area contributed by atoms with E-state index in [1.807, 2.05) is 31.3 Å². The molecule has 2 atom stereocenters. The van der Waals surface area contributed by atoms with Gasteiger partial charge >= 0.3 is 0 Å². The number of ether oxygens (including phenoxy) is 1. The van der Waals surface area contributed by atoms with Crippen LogP contribution in [0.5, 0.6) is 0 Å². The van der Waals surface area contributed by atoms with Gasteiger partial charge in [0.1, 0.15) is 11.4 Å². The molecule has 1 heterocycles. The summed E-state index contributed by atoms with van der Waals surface area (Å²) in [5.74, 6) is -0.223. The van der Waals surface area contributed by atoms with Crippen LogP contribution >= 0.6 is 0 Å². The molecule has 2 unspecified atom stereocenters. The first-order valence-corrected chi connectivity index (χ1v) is 7.82. The molecule has 1 aliphatic carbocycles. The van der Waals surface area contributed by atoms with Gasteiger partial charge in [0, 0.05) is 6.04 Å². The summed E-state index contributed by atoms with van der Waals surface area (Å²) in [6, 6.07) is 13.0. The molecule has 0 saturated carbocycles. The number of hydrogen-bond acceptors (Lipinski definition) is 3. The lowest BCUT2D eigenvalue weighted by atomic mass is 9.73. The molecule has 0 bridgehead atoms. The fraction of sp³-hybridized carbons (Fsp3) is 0.316. The Labute approximate surface area is 134 Å². The van der Waals surface area contributed by atoms with E-state index in [-0.39, 0.29) is 11.9 Å². The van der Waals surface area contributed by atoms with Gasteiger partial charge in [0.05, 0.1) is 18.2 Å². The van der Waals surface area contributed by atoms with Crippen LogP contribution < -0.4 is 5.32 Å². The van der Waals surface area contributed by atoms with E-state index < -0.39 is 5.60 Å². The van der Waals surface area contributed by atoms with Crippen LogP contribution in [0.2, 0.25) is 0 Å². The van der Waals surface area contributed by atoms with Crippen LogP contribution in [0.15, 0.2) is 36.4 Å². The van der Waals surface area contributed by atoms with Crippen molar-refractivity contribution in [2.24, 2.45) is 0 Å². The van der Waals surface area contributed by atoms with Gasteiger partial charge in [0.25, 0.3) is 0 Å². The summed E-state index contributed by atoms with van der Waals surface area (Å²) in [5, 5.41) is 12.4. The third-order valence-corrected chi connectivity index (χ3v) is 5.10. The minimum atomic E-state index is -0.514. The zero-order valence-corrected chi connectivity index (χ0v) is 12.9. The van der Waals surface area contributed by atoms with E-state index in [4.69, 9.17) is 10.00 Å². The number of fused-ring (bicyclic) bond motifs is 4. The molecule has 0 fully saturated rings. The summed E-state index contributed by atoms with van der Waals surface area (Å²) < 4.78 is 20.0. The molecular formula is C19H17FN2O. The summed E-state index contributed by atoms with van der Waals surface area (Å²) in [6.07, 6.45) is 1.72. The second-order valence-electron chi connectivity index (χ2n) is 6.21. The molecule has 1 spiro atoms. The first-order chi connectivity index (χ1) is 11.2. The second kappa shape index (κ2) is 5.16. The van der Waals surface area contributed by atoms with Gasteiger partial charge in [-0.15, -0.1) is 0 Å². The molecule has 0 aromatic heterocycles. The molecule has 1 N–H and O–H groups in total. The maximum Gasteiger partial charge on any atom is 0.123 e. The van der Waals surface area contributed by atoms with Crippen molar-refractivity contribution in [1.82, 2.24) is 5.32 Å². The second-order valence-corrected chi connectivity index (χ2v) is 6.21. The fourth-order valence-electron chi connectivity index (χ4n) is 4.01. The van der Waals surface area contributed by atoms with Crippen LogP contribution in [0.25, 0.3) is 0 Å². The predicted octanol–water partition coefficient (Wildman–Crippen LogP) is 3.53. The van der Waals surface area contributed by atoms with Gasteiger partial charge in [-0.25, -0.2) is 4.39 Å². The molecular weight excluding hydrogens is 291 g/mol. The Morgan fingerprint density at radius 3 is 2.87 bits per heavy atom. The SMILES string of the molecule is CNC1CCC2(OCc3cc(C#N)ccc32)c2ccc(F)cc21. The van der Waals surface area contributed by atoms with Gasteiger partial charge in [-0.05, 0) is 66.4 Å². The van der Waals surface area contributed by atoms with Crippen LogP contribution in [0.4, 0.5) is 4.39 Å². The molecule has 23 heavy (non-hydrogen) atoms. The molecule has 0 saturated heterocycles. The first kappa shape index (κ1) is 14.4. The van der Waals surface area contributed by atoms with Crippen LogP contribution in [0.1, 0.15) is 46.7 Å². The minimum Gasteiger partial charge on any atom is -0.361 e. The smallest absolute Gasteiger partial charge is 0.123 e. The monoisotopic (exact) mass is 308 g/mol. The summed E-state index contributed by atoms with van der Waals surface area (Å²) in [4.78, 5) is 0. The quantitative estimate of drug-likeness (QED) is 0.876. The highest BCUT2D eigenvalue weighted by Gasteiger charge is 2.46. The minimum absolute atomic E-state index is 0.136. The van der Waals surface area contributed by atoms with Crippen LogP contribution in [-0.4, -0.2) is 7.05 Å².